The molecule has 1 rings (SSSR count). The molecule has 0 bridgehead atoms. The second kappa shape index (κ2) is 4.97. The maximum absolute atomic E-state index is 10.7. The van der Waals surface area contributed by atoms with Crippen LogP contribution in [0.15, 0.2) is 16.7 Å². The number of halogens is 1. The van der Waals surface area contributed by atoms with Gasteiger partial charge in [0.25, 0.3) is 0 Å². The van der Waals surface area contributed by atoms with Crippen molar-refractivity contribution in [2.75, 3.05) is 11.1 Å². The molecule has 0 radical (unpaired) electrons. The molecule has 0 saturated heterocycles. The zero-order valence-electron chi connectivity index (χ0n) is 8.33. The summed E-state index contributed by atoms with van der Waals surface area (Å²) < 4.78 is 0.763. The van der Waals surface area contributed by atoms with Crippen LogP contribution in [0.5, 0.6) is 0 Å². The lowest BCUT2D eigenvalue weighted by molar-refractivity contribution is -0.118. The first kappa shape index (κ1) is 11.8. The summed E-state index contributed by atoms with van der Waals surface area (Å²) in [6.07, 6.45) is 1.81. The molecule has 0 fully saturated rings. The van der Waals surface area contributed by atoms with E-state index in [0.717, 1.165) is 4.47 Å². The van der Waals surface area contributed by atoms with Gasteiger partial charge in [-0.15, -0.1) is 0 Å². The van der Waals surface area contributed by atoms with E-state index in [4.69, 9.17) is 11.5 Å². The molecule has 0 aliphatic heterocycles. The average Bonchev–Trinajstić information content (AvgIpc) is 2.08. The summed E-state index contributed by atoms with van der Waals surface area (Å²) in [6, 6.07) is 1.68. The molecule has 1 amide bonds. The van der Waals surface area contributed by atoms with Crippen molar-refractivity contribution >= 4 is 33.3 Å². The highest BCUT2D eigenvalue weighted by Gasteiger charge is 2.08. The van der Waals surface area contributed by atoms with E-state index in [-0.39, 0.29) is 18.4 Å². The van der Waals surface area contributed by atoms with Gasteiger partial charge in [0.1, 0.15) is 5.82 Å². The minimum Gasteiger partial charge on any atom is -0.397 e. The zero-order chi connectivity index (χ0) is 11.4. The average molecular weight is 273 g/mol. The molecule has 5 N–H and O–H groups in total. The number of carbonyl (C=O) groups excluding carboxylic acids is 1. The van der Waals surface area contributed by atoms with Crippen LogP contribution in [0.3, 0.4) is 0 Å². The number of nitrogens with zero attached hydrogens (tertiary/aromatic N) is 1. The van der Waals surface area contributed by atoms with Gasteiger partial charge in [0.05, 0.1) is 16.4 Å². The zero-order valence-corrected chi connectivity index (χ0v) is 9.91. The number of nitrogens with one attached hydrogen (secondary N) is 1. The minimum absolute atomic E-state index is 0.0603. The van der Waals surface area contributed by atoms with Gasteiger partial charge < -0.3 is 16.8 Å². The van der Waals surface area contributed by atoms with Crippen LogP contribution in [0.25, 0.3) is 0 Å². The molecule has 82 valence electrons. The fourth-order valence-corrected chi connectivity index (χ4v) is 1.63. The first-order valence-corrected chi connectivity index (χ1v) is 5.24. The lowest BCUT2D eigenvalue weighted by Crippen LogP contribution is -2.24. The van der Waals surface area contributed by atoms with E-state index < -0.39 is 0 Å². The second-order valence-electron chi connectivity index (χ2n) is 3.31. The molecular weight excluding hydrogens is 260 g/mol. The van der Waals surface area contributed by atoms with Crippen molar-refractivity contribution < 1.29 is 4.79 Å². The molecule has 1 heterocycles. The highest BCUT2D eigenvalue weighted by molar-refractivity contribution is 9.10. The van der Waals surface area contributed by atoms with Crippen LogP contribution in [0.2, 0.25) is 0 Å². The summed E-state index contributed by atoms with van der Waals surface area (Å²) in [6.45, 7) is 1.86. The summed E-state index contributed by atoms with van der Waals surface area (Å²) in [5.41, 5.74) is 11.2. The Balaban J connectivity index is 2.68. The maximum atomic E-state index is 10.7. The number of anilines is 2. The number of carbonyl (C=O) groups is 1. The van der Waals surface area contributed by atoms with Gasteiger partial charge in [0.15, 0.2) is 0 Å². The Bertz CT molecular complexity index is 369. The van der Waals surface area contributed by atoms with Crippen molar-refractivity contribution in [2.45, 2.75) is 19.4 Å². The van der Waals surface area contributed by atoms with Crippen LogP contribution in [-0.2, 0) is 4.79 Å². The second-order valence-corrected chi connectivity index (χ2v) is 4.17. The molecule has 0 aliphatic carbocycles. The molecule has 1 unspecified atom stereocenters. The number of primary amides is 1. The third-order valence-electron chi connectivity index (χ3n) is 1.75. The summed E-state index contributed by atoms with van der Waals surface area (Å²) in [5.74, 6) is 0.305. The smallest absolute Gasteiger partial charge is 0.219 e. The largest absolute Gasteiger partial charge is 0.397 e. The Morgan fingerprint density at radius 1 is 1.73 bits per heavy atom. The van der Waals surface area contributed by atoms with Crippen molar-refractivity contribution in [2.24, 2.45) is 5.73 Å². The maximum Gasteiger partial charge on any atom is 0.219 e. The molecule has 0 aliphatic rings. The monoisotopic (exact) mass is 272 g/mol. The van der Waals surface area contributed by atoms with Gasteiger partial charge in [0.2, 0.25) is 5.91 Å². The van der Waals surface area contributed by atoms with E-state index in [1.54, 1.807) is 12.3 Å². The third-order valence-corrected chi connectivity index (χ3v) is 2.36. The Morgan fingerprint density at radius 3 is 2.93 bits per heavy atom. The number of aromatic nitrogens is 1. The van der Waals surface area contributed by atoms with Gasteiger partial charge in [0, 0.05) is 12.5 Å². The van der Waals surface area contributed by atoms with Crippen LogP contribution in [0, 0.1) is 0 Å². The molecule has 15 heavy (non-hydrogen) atoms. The number of nitrogen functional groups attached to an aromatic ring is 1. The fraction of sp³-hybridized carbons (Fsp3) is 0.333. The molecule has 0 saturated carbocycles. The SMILES string of the molecule is CC(CC(N)=O)Nc1ncc(N)cc1Br. The third kappa shape index (κ3) is 3.75. The van der Waals surface area contributed by atoms with Gasteiger partial charge in [-0.2, -0.15) is 0 Å². The van der Waals surface area contributed by atoms with Crippen molar-refractivity contribution in [1.29, 1.82) is 0 Å². The summed E-state index contributed by atoms with van der Waals surface area (Å²) in [5, 5.41) is 3.05. The first-order chi connectivity index (χ1) is 6.99. The number of hydrogen-bond donors (Lipinski definition) is 3. The van der Waals surface area contributed by atoms with E-state index in [0.29, 0.717) is 11.5 Å². The van der Waals surface area contributed by atoms with Gasteiger partial charge >= 0.3 is 0 Å². The topological polar surface area (TPSA) is 94.0 Å². The van der Waals surface area contributed by atoms with Gasteiger partial charge in [-0.1, -0.05) is 0 Å². The highest BCUT2D eigenvalue weighted by atomic mass is 79.9. The number of pyridine rings is 1. The Kier molecular flexibility index (Phi) is 3.90. The first-order valence-electron chi connectivity index (χ1n) is 4.45. The van der Waals surface area contributed by atoms with Gasteiger partial charge in [-0.3, -0.25) is 4.79 Å². The van der Waals surface area contributed by atoms with Crippen LogP contribution in [0.1, 0.15) is 13.3 Å². The van der Waals surface area contributed by atoms with Gasteiger partial charge in [-0.25, -0.2) is 4.98 Å². The summed E-state index contributed by atoms with van der Waals surface area (Å²) in [4.78, 5) is 14.8. The fourth-order valence-electron chi connectivity index (χ4n) is 1.15. The standard InChI is InChI=1S/C9H13BrN4O/c1-5(2-8(12)15)14-9-7(10)3-6(11)4-13-9/h3-5H,2,11H2,1H3,(H2,12,15)(H,13,14). The lowest BCUT2D eigenvalue weighted by Gasteiger charge is -2.13. The number of hydrogen-bond acceptors (Lipinski definition) is 4. The normalized spacial score (nSPS) is 12.1. The van der Waals surface area contributed by atoms with Crippen LogP contribution >= 0.6 is 15.9 Å². The van der Waals surface area contributed by atoms with Crippen molar-refractivity contribution in [3.05, 3.63) is 16.7 Å². The predicted molar refractivity (Wildman–Crippen MR) is 63.2 cm³/mol. The lowest BCUT2D eigenvalue weighted by atomic mass is 10.2. The minimum atomic E-state index is -0.346. The quantitative estimate of drug-likeness (QED) is 0.765. The van der Waals surface area contributed by atoms with E-state index in [9.17, 15) is 4.79 Å². The molecule has 6 heteroatoms. The summed E-state index contributed by atoms with van der Waals surface area (Å²) in [7, 11) is 0. The summed E-state index contributed by atoms with van der Waals surface area (Å²) >= 11 is 3.32. The van der Waals surface area contributed by atoms with E-state index in [2.05, 4.69) is 26.2 Å². The van der Waals surface area contributed by atoms with Crippen molar-refractivity contribution in [3.63, 3.8) is 0 Å². The molecule has 1 atom stereocenters. The Hall–Kier alpha value is -1.30. The van der Waals surface area contributed by atoms with Gasteiger partial charge in [-0.05, 0) is 28.9 Å². The molecular formula is C9H13BrN4O. The number of amides is 1. The number of nitrogens with two attached hydrogens (primary N) is 2. The van der Waals surface area contributed by atoms with Crippen molar-refractivity contribution in [3.8, 4) is 0 Å². The molecule has 1 aromatic heterocycles. The van der Waals surface area contributed by atoms with Crippen LogP contribution in [-0.4, -0.2) is 16.9 Å². The van der Waals surface area contributed by atoms with Crippen molar-refractivity contribution in [1.82, 2.24) is 4.98 Å². The van der Waals surface area contributed by atoms with Crippen LogP contribution < -0.4 is 16.8 Å². The Morgan fingerprint density at radius 2 is 2.40 bits per heavy atom. The number of rotatable bonds is 4. The molecule has 1 aromatic rings. The highest BCUT2D eigenvalue weighted by Crippen LogP contribution is 2.22. The Labute approximate surface area is 96.4 Å². The van der Waals surface area contributed by atoms with Crippen LogP contribution in [0.4, 0.5) is 11.5 Å². The molecule has 5 nitrogen and oxygen atoms in total. The predicted octanol–water partition coefficient (Wildman–Crippen LogP) is 1.10. The van der Waals surface area contributed by atoms with E-state index >= 15 is 0 Å². The molecule has 0 aromatic carbocycles. The van der Waals surface area contributed by atoms with E-state index in [1.165, 1.54) is 0 Å². The van der Waals surface area contributed by atoms with E-state index in [1.807, 2.05) is 6.92 Å². The molecule has 0 spiro atoms.